The van der Waals surface area contributed by atoms with Gasteiger partial charge in [-0.2, -0.15) is 0 Å². The highest BCUT2D eigenvalue weighted by Crippen LogP contribution is 2.31. The lowest BCUT2D eigenvalue weighted by molar-refractivity contribution is -0.0511. The number of aromatic nitrogens is 4. The number of imidazole rings is 1. The first kappa shape index (κ1) is 12.9. The number of nitrogens with zero attached hydrogens (tertiary/aromatic N) is 4. The lowest BCUT2D eigenvalue weighted by Crippen LogP contribution is -2.33. The van der Waals surface area contributed by atoms with Crippen molar-refractivity contribution in [2.24, 2.45) is 0 Å². The zero-order chi connectivity index (χ0) is 13.6. The van der Waals surface area contributed by atoms with Gasteiger partial charge in [0.1, 0.15) is 34.8 Å². The molecule has 3 N–H and O–H groups in total. The van der Waals surface area contributed by atoms with Gasteiger partial charge >= 0.3 is 0 Å². The largest absolute Gasteiger partial charge is 0.394 e. The quantitative estimate of drug-likeness (QED) is 0.618. The molecular weight excluding hydrogens is 320 g/mol. The molecule has 0 unspecified atom stereocenters. The topological polar surface area (TPSA) is 114 Å². The van der Waals surface area contributed by atoms with Crippen molar-refractivity contribution in [3.8, 4) is 0 Å². The number of aliphatic hydroxyl groups is 3. The molecule has 1 fully saturated rings. The van der Waals surface area contributed by atoms with Crippen LogP contribution in [0.4, 0.5) is 0 Å². The number of rotatable bonds is 2. The molecule has 2 aromatic rings. The number of ether oxygens (including phenoxy) is 1. The average Bonchev–Trinajstić information content (AvgIpc) is 2.94. The van der Waals surface area contributed by atoms with Gasteiger partial charge in [0.15, 0.2) is 11.9 Å². The van der Waals surface area contributed by atoms with E-state index in [0.717, 1.165) is 0 Å². The molecule has 1 aliphatic rings. The van der Waals surface area contributed by atoms with Crippen LogP contribution in [0.2, 0.25) is 0 Å². The third kappa shape index (κ3) is 1.94. The van der Waals surface area contributed by atoms with E-state index in [2.05, 4.69) is 30.9 Å². The van der Waals surface area contributed by atoms with E-state index in [1.54, 1.807) is 0 Å². The maximum absolute atomic E-state index is 9.97. The van der Waals surface area contributed by atoms with Crippen LogP contribution in [-0.2, 0) is 4.74 Å². The minimum absolute atomic E-state index is 0.375. The molecule has 0 amide bonds. The van der Waals surface area contributed by atoms with Crippen molar-refractivity contribution in [2.45, 2.75) is 24.5 Å². The van der Waals surface area contributed by atoms with Crippen molar-refractivity contribution in [1.29, 1.82) is 0 Å². The molecule has 1 aliphatic heterocycles. The molecule has 0 spiro atoms. The molecule has 9 heteroatoms. The molecule has 19 heavy (non-hydrogen) atoms. The average molecular weight is 331 g/mol. The standard InChI is InChI=1S/C10H11BrN4O4/c11-8-5-9(13-2-12-8)15(3-14-5)10-7(18)6(17)4(1-16)19-10/h2-4,6-7,10,16-18H,1H2/t4-,6+,7-,10-/m0/s1. The first-order valence-electron chi connectivity index (χ1n) is 5.59. The zero-order valence-electron chi connectivity index (χ0n) is 9.59. The summed E-state index contributed by atoms with van der Waals surface area (Å²) >= 11 is 3.25. The van der Waals surface area contributed by atoms with Gasteiger partial charge in [-0.3, -0.25) is 4.57 Å². The lowest BCUT2D eigenvalue weighted by atomic mass is 10.1. The Kier molecular flexibility index (Phi) is 3.23. The molecule has 3 rings (SSSR count). The Morgan fingerprint density at radius 1 is 1.26 bits per heavy atom. The Labute approximate surface area is 115 Å². The van der Waals surface area contributed by atoms with E-state index in [-0.39, 0.29) is 6.61 Å². The number of fused-ring (bicyclic) bond motifs is 1. The van der Waals surface area contributed by atoms with E-state index in [1.165, 1.54) is 17.2 Å². The SMILES string of the molecule is OC[C@@H]1O[C@H](n2cnc3c(Br)ncnc32)[C@@H](O)[C@@H]1O. The molecule has 102 valence electrons. The van der Waals surface area contributed by atoms with Gasteiger partial charge < -0.3 is 20.1 Å². The van der Waals surface area contributed by atoms with Crippen LogP contribution < -0.4 is 0 Å². The van der Waals surface area contributed by atoms with Crippen LogP contribution in [0.25, 0.3) is 11.2 Å². The number of halogens is 1. The van der Waals surface area contributed by atoms with Gasteiger partial charge in [0, 0.05) is 0 Å². The molecule has 2 aromatic heterocycles. The second-order valence-electron chi connectivity index (χ2n) is 4.22. The minimum Gasteiger partial charge on any atom is -0.394 e. The van der Waals surface area contributed by atoms with Gasteiger partial charge in [-0.05, 0) is 15.9 Å². The smallest absolute Gasteiger partial charge is 0.166 e. The maximum atomic E-state index is 9.97. The molecule has 3 heterocycles. The molecular formula is C10H11BrN4O4. The monoisotopic (exact) mass is 330 g/mol. The van der Waals surface area contributed by atoms with Crippen LogP contribution in [0.1, 0.15) is 6.23 Å². The summed E-state index contributed by atoms with van der Waals surface area (Å²) in [7, 11) is 0. The summed E-state index contributed by atoms with van der Waals surface area (Å²) < 4.78 is 7.46. The van der Waals surface area contributed by atoms with Crippen molar-refractivity contribution >= 4 is 27.1 Å². The number of hydrogen-bond acceptors (Lipinski definition) is 7. The van der Waals surface area contributed by atoms with Crippen molar-refractivity contribution in [1.82, 2.24) is 19.5 Å². The molecule has 0 radical (unpaired) electrons. The molecule has 8 nitrogen and oxygen atoms in total. The normalized spacial score (nSPS) is 31.2. The summed E-state index contributed by atoms with van der Waals surface area (Å²) in [6.07, 6.45) is -1.20. The van der Waals surface area contributed by atoms with Crippen LogP contribution >= 0.6 is 15.9 Å². The molecule has 1 saturated heterocycles. The van der Waals surface area contributed by atoms with E-state index < -0.39 is 24.5 Å². The van der Waals surface area contributed by atoms with Crippen molar-refractivity contribution in [3.05, 3.63) is 17.3 Å². The van der Waals surface area contributed by atoms with Crippen molar-refractivity contribution in [2.75, 3.05) is 6.61 Å². The third-order valence-corrected chi connectivity index (χ3v) is 3.69. The molecule has 0 aromatic carbocycles. The summed E-state index contributed by atoms with van der Waals surface area (Å²) in [6.45, 7) is -0.375. The predicted molar refractivity (Wildman–Crippen MR) is 66.0 cm³/mol. The fraction of sp³-hybridized carbons (Fsp3) is 0.500. The molecule has 0 aliphatic carbocycles. The van der Waals surface area contributed by atoms with E-state index >= 15 is 0 Å². The van der Waals surface area contributed by atoms with Gasteiger partial charge in [0.2, 0.25) is 0 Å². The Hall–Kier alpha value is -1.13. The van der Waals surface area contributed by atoms with Crippen molar-refractivity contribution < 1.29 is 20.1 Å². The summed E-state index contributed by atoms with van der Waals surface area (Å²) in [4.78, 5) is 12.2. The van der Waals surface area contributed by atoms with Crippen molar-refractivity contribution in [3.63, 3.8) is 0 Å². The Balaban J connectivity index is 2.04. The van der Waals surface area contributed by atoms with Gasteiger partial charge in [0.25, 0.3) is 0 Å². The summed E-state index contributed by atoms with van der Waals surface area (Å²) in [5, 5.41) is 28.8. The van der Waals surface area contributed by atoms with Gasteiger partial charge in [-0.15, -0.1) is 0 Å². The highest BCUT2D eigenvalue weighted by atomic mass is 79.9. The maximum Gasteiger partial charge on any atom is 0.166 e. The van der Waals surface area contributed by atoms with E-state index in [0.29, 0.717) is 15.8 Å². The third-order valence-electron chi connectivity index (χ3n) is 3.11. The highest BCUT2D eigenvalue weighted by molar-refractivity contribution is 9.10. The Bertz CT molecular complexity index is 606. The molecule has 4 atom stereocenters. The lowest BCUT2D eigenvalue weighted by Gasteiger charge is -2.16. The van der Waals surface area contributed by atoms with E-state index in [9.17, 15) is 10.2 Å². The summed E-state index contributed by atoms with van der Waals surface area (Å²) in [5.41, 5.74) is 0.997. The van der Waals surface area contributed by atoms with Gasteiger partial charge in [-0.25, -0.2) is 15.0 Å². The van der Waals surface area contributed by atoms with Crippen LogP contribution in [0.5, 0.6) is 0 Å². The number of aliphatic hydroxyl groups excluding tert-OH is 3. The fourth-order valence-corrected chi connectivity index (χ4v) is 2.49. The number of hydrogen-bond donors (Lipinski definition) is 3. The van der Waals surface area contributed by atoms with Crippen LogP contribution in [-0.4, -0.2) is 59.8 Å². The second kappa shape index (κ2) is 4.76. The van der Waals surface area contributed by atoms with E-state index in [4.69, 9.17) is 9.84 Å². The summed E-state index contributed by atoms with van der Waals surface area (Å²) in [6, 6.07) is 0. The second-order valence-corrected chi connectivity index (χ2v) is 4.97. The van der Waals surface area contributed by atoms with E-state index in [1.807, 2.05) is 0 Å². The Morgan fingerprint density at radius 2 is 2.05 bits per heavy atom. The Morgan fingerprint density at radius 3 is 2.74 bits per heavy atom. The van der Waals surface area contributed by atoms with Crippen LogP contribution in [0, 0.1) is 0 Å². The summed E-state index contributed by atoms with van der Waals surface area (Å²) in [5.74, 6) is 0. The predicted octanol–water partition coefficient (Wildman–Crippen LogP) is -0.800. The fourth-order valence-electron chi connectivity index (χ4n) is 2.12. The van der Waals surface area contributed by atoms with Crippen LogP contribution in [0.3, 0.4) is 0 Å². The highest BCUT2D eigenvalue weighted by Gasteiger charge is 2.43. The van der Waals surface area contributed by atoms with Gasteiger partial charge in [-0.1, -0.05) is 0 Å². The molecule has 0 saturated carbocycles. The molecule has 0 bridgehead atoms. The first-order chi connectivity index (χ1) is 9.13. The van der Waals surface area contributed by atoms with Crippen LogP contribution in [0.15, 0.2) is 17.3 Å². The minimum atomic E-state index is -1.16. The first-order valence-corrected chi connectivity index (χ1v) is 6.38. The van der Waals surface area contributed by atoms with Gasteiger partial charge in [0.05, 0.1) is 12.9 Å². The zero-order valence-corrected chi connectivity index (χ0v) is 11.2.